The highest BCUT2D eigenvalue weighted by Crippen LogP contribution is 2.31. The summed E-state index contributed by atoms with van der Waals surface area (Å²) in [6, 6.07) is 9.14. The van der Waals surface area contributed by atoms with Gasteiger partial charge in [0.2, 0.25) is 11.8 Å². The van der Waals surface area contributed by atoms with Crippen LogP contribution in [-0.4, -0.2) is 46.9 Å². The lowest BCUT2D eigenvalue weighted by atomic mass is 9.80. The summed E-state index contributed by atoms with van der Waals surface area (Å²) in [5.41, 5.74) is -0.0391. The molecule has 26 heavy (non-hydrogen) atoms. The first-order valence-electron chi connectivity index (χ1n) is 8.54. The van der Waals surface area contributed by atoms with Crippen molar-refractivity contribution in [3.8, 4) is 5.88 Å². The maximum atomic E-state index is 12.8. The van der Waals surface area contributed by atoms with E-state index in [2.05, 4.69) is 15.3 Å². The standard InChI is InChI=1S/C19H22N4O3/c1-19(18(25)22-15-11-21-16(26-2)12-20-15)9-6-10-23(13-19)17(24)14-7-4-3-5-8-14/h3-5,7-8,11-12H,6,9-10,13H2,1-2H3,(H,20,22,25). The van der Waals surface area contributed by atoms with Gasteiger partial charge in [0.05, 0.1) is 24.9 Å². The first-order chi connectivity index (χ1) is 12.5. The van der Waals surface area contributed by atoms with Crippen LogP contribution in [0.1, 0.15) is 30.1 Å². The summed E-state index contributed by atoms with van der Waals surface area (Å²) in [5, 5.41) is 2.80. The van der Waals surface area contributed by atoms with E-state index in [1.165, 1.54) is 19.5 Å². The number of ether oxygens (including phenoxy) is 1. The third-order valence-electron chi connectivity index (χ3n) is 4.63. The molecule has 7 heteroatoms. The fourth-order valence-electron chi connectivity index (χ4n) is 3.11. The predicted molar refractivity (Wildman–Crippen MR) is 96.9 cm³/mol. The summed E-state index contributed by atoms with van der Waals surface area (Å²) < 4.78 is 4.96. The number of amides is 2. The molecule has 0 saturated carbocycles. The van der Waals surface area contributed by atoms with Gasteiger partial charge in [-0.2, -0.15) is 0 Å². The van der Waals surface area contributed by atoms with Crippen molar-refractivity contribution in [1.82, 2.24) is 14.9 Å². The van der Waals surface area contributed by atoms with Crippen molar-refractivity contribution in [3.63, 3.8) is 0 Å². The Balaban J connectivity index is 1.69. The lowest BCUT2D eigenvalue weighted by Gasteiger charge is -2.39. The average Bonchev–Trinajstić information content (AvgIpc) is 2.68. The van der Waals surface area contributed by atoms with E-state index in [4.69, 9.17) is 4.74 Å². The van der Waals surface area contributed by atoms with Gasteiger partial charge in [-0.1, -0.05) is 18.2 Å². The van der Waals surface area contributed by atoms with E-state index < -0.39 is 5.41 Å². The van der Waals surface area contributed by atoms with Gasteiger partial charge in [-0.15, -0.1) is 0 Å². The molecule has 3 rings (SSSR count). The van der Waals surface area contributed by atoms with Gasteiger partial charge in [0.25, 0.3) is 5.91 Å². The molecule has 2 heterocycles. The molecule has 0 radical (unpaired) electrons. The molecule has 0 spiro atoms. The van der Waals surface area contributed by atoms with E-state index in [0.717, 1.165) is 6.42 Å². The summed E-state index contributed by atoms with van der Waals surface area (Å²) in [6.45, 7) is 2.90. The van der Waals surface area contributed by atoms with Crippen molar-refractivity contribution in [2.75, 3.05) is 25.5 Å². The molecule has 136 valence electrons. The molecular formula is C19H22N4O3. The number of nitrogens with one attached hydrogen (secondary N) is 1. The first kappa shape index (κ1) is 17.8. The van der Waals surface area contributed by atoms with E-state index in [1.807, 2.05) is 25.1 Å². The second-order valence-corrected chi connectivity index (χ2v) is 6.66. The van der Waals surface area contributed by atoms with Gasteiger partial charge in [0.1, 0.15) is 0 Å². The number of benzene rings is 1. The van der Waals surface area contributed by atoms with Gasteiger partial charge in [-0.25, -0.2) is 9.97 Å². The maximum absolute atomic E-state index is 12.8. The number of carbonyl (C=O) groups is 2. The highest BCUT2D eigenvalue weighted by molar-refractivity contribution is 5.97. The monoisotopic (exact) mass is 354 g/mol. The number of aromatic nitrogens is 2. The largest absolute Gasteiger partial charge is 0.480 e. The molecule has 2 amide bonds. The van der Waals surface area contributed by atoms with Crippen molar-refractivity contribution in [3.05, 3.63) is 48.3 Å². The Hall–Kier alpha value is -2.96. The van der Waals surface area contributed by atoms with Crippen molar-refractivity contribution in [1.29, 1.82) is 0 Å². The number of methoxy groups -OCH3 is 1. The summed E-state index contributed by atoms with van der Waals surface area (Å²) in [4.78, 5) is 35.4. The van der Waals surface area contributed by atoms with Gasteiger partial charge in [-0.3, -0.25) is 9.59 Å². The normalized spacial score (nSPS) is 19.7. The number of rotatable bonds is 4. The number of nitrogens with zero attached hydrogens (tertiary/aromatic N) is 3. The Morgan fingerprint density at radius 3 is 2.62 bits per heavy atom. The average molecular weight is 354 g/mol. The molecule has 1 aromatic carbocycles. The summed E-state index contributed by atoms with van der Waals surface area (Å²) in [5.74, 6) is 0.533. The van der Waals surface area contributed by atoms with Crippen molar-refractivity contribution in [2.45, 2.75) is 19.8 Å². The number of carbonyl (C=O) groups excluding carboxylic acids is 2. The third-order valence-corrected chi connectivity index (χ3v) is 4.63. The molecule has 1 unspecified atom stereocenters. The van der Waals surface area contributed by atoms with Crippen LogP contribution < -0.4 is 10.1 Å². The van der Waals surface area contributed by atoms with E-state index >= 15 is 0 Å². The zero-order valence-corrected chi connectivity index (χ0v) is 14.9. The Labute approximate surface area is 152 Å². The third kappa shape index (κ3) is 3.82. The molecule has 2 aromatic rings. The highest BCUT2D eigenvalue weighted by atomic mass is 16.5. The zero-order valence-electron chi connectivity index (χ0n) is 14.9. The van der Waals surface area contributed by atoms with Crippen LogP contribution in [0.25, 0.3) is 0 Å². The van der Waals surface area contributed by atoms with Crippen LogP contribution in [0.5, 0.6) is 5.88 Å². The highest BCUT2D eigenvalue weighted by Gasteiger charge is 2.39. The maximum Gasteiger partial charge on any atom is 0.253 e. The second kappa shape index (κ2) is 7.51. The molecule has 7 nitrogen and oxygen atoms in total. The Morgan fingerprint density at radius 2 is 1.96 bits per heavy atom. The minimum atomic E-state index is -0.676. The molecule has 1 aliphatic rings. The van der Waals surface area contributed by atoms with Gasteiger partial charge in [0, 0.05) is 18.7 Å². The van der Waals surface area contributed by atoms with Crippen LogP contribution in [0.3, 0.4) is 0 Å². The van der Waals surface area contributed by atoms with E-state index in [9.17, 15) is 9.59 Å². The molecule has 1 fully saturated rings. The van der Waals surface area contributed by atoms with Crippen LogP contribution in [0, 0.1) is 5.41 Å². The molecule has 1 N–H and O–H groups in total. The Kier molecular flexibility index (Phi) is 5.16. The Morgan fingerprint density at radius 1 is 1.19 bits per heavy atom. The number of hydrogen-bond donors (Lipinski definition) is 1. The van der Waals surface area contributed by atoms with Gasteiger partial charge < -0.3 is 15.0 Å². The molecule has 1 aromatic heterocycles. The van der Waals surface area contributed by atoms with Crippen molar-refractivity contribution in [2.24, 2.45) is 5.41 Å². The minimum Gasteiger partial charge on any atom is -0.480 e. The molecule has 1 saturated heterocycles. The smallest absolute Gasteiger partial charge is 0.253 e. The fraction of sp³-hybridized carbons (Fsp3) is 0.368. The second-order valence-electron chi connectivity index (χ2n) is 6.66. The fourth-order valence-corrected chi connectivity index (χ4v) is 3.11. The molecule has 0 bridgehead atoms. The van der Waals surface area contributed by atoms with E-state index in [-0.39, 0.29) is 11.8 Å². The van der Waals surface area contributed by atoms with Gasteiger partial charge >= 0.3 is 0 Å². The van der Waals surface area contributed by atoms with Crippen molar-refractivity contribution < 1.29 is 14.3 Å². The quantitative estimate of drug-likeness (QED) is 0.911. The van der Waals surface area contributed by atoms with Gasteiger partial charge in [-0.05, 0) is 31.9 Å². The van der Waals surface area contributed by atoms with Crippen LogP contribution in [0.15, 0.2) is 42.7 Å². The van der Waals surface area contributed by atoms with E-state index in [1.54, 1.807) is 17.0 Å². The predicted octanol–water partition coefficient (Wildman–Crippen LogP) is 2.37. The van der Waals surface area contributed by atoms with Crippen LogP contribution in [0.4, 0.5) is 5.82 Å². The lowest BCUT2D eigenvalue weighted by Crippen LogP contribution is -2.50. The van der Waals surface area contributed by atoms with Crippen molar-refractivity contribution >= 4 is 17.6 Å². The molecule has 1 atom stereocenters. The molecule has 1 aliphatic heterocycles. The van der Waals surface area contributed by atoms with Crippen LogP contribution in [-0.2, 0) is 4.79 Å². The Bertz CT molecular complexity index is 779. The van der Waals surface area contributed by atoms with E-state index in [0.29, 0.717) is 36.8 Å². The minimum absolute atomic E-state index is 0.0476. The van der Waals surface area contributed by atoms with Crippen LogP contribution in [0.2, 0.25) is 0 Å². The summed E-state index contributed by atoms with van der Waals surface area (Å²) in [6.07, 6.45) is 4.39. The molecular weight excluding hydrogens is 332 g/mol. The SMILES string of the molecule is COc1cnc(NC(=O)C2(C)CCCN(C(=O)c3ccccc3)C2)cn1. The number of likely N-dealkylation sites (tertiary alicyclic amines) is 1. The molecule has 0 aliphatic carbocycles. The van der Waals surface area contributed by atoms with Gasteiger partial charge in [0.15, 0.2) is 5.82 Å². The summed E-state index contributed by atoms with van der Waals surface area (Å²) in [7, 11) is 1.50. The zero-order chi connectivity index (χ0) is 18.6. The first-order valence-corrected chi connectivity index (χ1v) is 8.54. The number of piperidine rings is 1. The topological polar surface area (TPSA) is 84.4 Å². The lowest BCUT2D eigenvalue weighted by molar-refractivity contribution is -0.127. The number of hydrogen-bond acceptors (Lipinski definition) is 5. The van der Waals surface area contributed by atoms with Crippen LogP contribution >= 0.6 is 0 Å². The number of anilines is 1. The summed E-state index contributed by atoms with van der Waals surface area (Å²) >= 11 is 0.